The molecule has 0 unspecified atom stereocenters. The summed E-state index contributed by atoms with van der Waals surface area (Å²) in [6, 6.07) is 65.4. The molecule has 0 radical (unpaired) electrons. The molecule has 8 aromatic carbocycles. The standard InChI is InChI=1S/C51H36N2/c1-51(2)45-27-13-26-43(49(45)44-30-35-17-6-7-18-36(35)31-46(44)51)38-21-11-23-40(29-38)48-32-47(52-50(53-48)34-15-4-3-5-16-34)39-22-10-20-37(28-39)42-25-12-19-33-14-8-9-24-41(33)42/h3-32H,1-2H3. The van der Waals surface area contributed by atoms with E-state index in [0.29, 0.717) is 5.82 Å². The van der Waals surface area contributed by atoms with Gasteiger partial charge in [0.05, 0.1) is 11.4 Å². The average molecular weight is 677 g/mol. The fraction of sp³-hybridized carbons (Fsp3) is 0.0588. The van der Waals surface area contributed by atoms with Crippen molar-refractivity contribution in [2.45, 2.75) is 19.3 Å². The first kappa shape index (κ1) is 31.1. The number of hydrogen-bond donors (Lipinski definition) is 0. The van der Waals surface area contributed by atoms with E-state index in [2.05, 4.69) is 178 Å². The summed E-state index contributed by atoms with van der Waals surface area (Å²) in [5.41, 5.74) is 15.0. The lowest BCUT2D eigenvalue weighted by Gasteiger charge is -2.22. The summed E-state index contributed by atoms with van der Waals surface area (Å²) in [5, 5.41) is 5.02. The van der Waals surface area contributed by atoms with E-state index in [1.165, 1.54) is 60.5 Å². The Bertz CT molecular complexity index is 2860. The molecule has 0 saturated carbocycles. The Kier molecular flexibility index (Phi) is 7.19. The molecule has 1 aliphatic carbocycles. The van der Waals surface area contributed by atoms with E-state index in [-0.39, 0.29) is 5.41 Å². The normalized spacial score (nSPS) is 12.9. The minimum Gasteiger partial charge on any atom is -0.228 e. The van der Waals surface area contributed by atoms with Crippen LogP contribution in [0.3, 0.4) is 0 Å². The topological polar surface area (TPSA) is 25.8 Å². The fourth-order valence-electron chi connectivity index (χ4n) is 8.34. The maximum atomic E-state index is 5.21. The van der Waals surface area contributed by atoms with Crippen LogP contribution >= 0.6 is 0 Å². The maximum absolute atomic E-state index is 5.21. The zero-order valence-electron chi connectivity index (χ0n) is 29.7. The summed E-state index contributed by atoms with van der Waals surface area (Å²) >= 11 is 0. The van der Waals surface area contributed by atoms with Crippen LogP contribution in [0.25, 0.3) is 88.8 Å². The van der Waals surface area contributed by atoms with Crippen LogP contribution in [0.1, 0.15) is 25.0 Å². The van der Waals surface area contributed by atoms with E-state index in [0.717, 1.165) is 33.6 Å². The van der Waals surface area contributed by atoms with Crippen LogP contribution in [0, 0.1) is 0 Å². The van der Waals surface area contributed by atoms with Crippen molar-refractivity contribution in [2.75, 3.05) is 0 Å². The summed E-state index contributed by atoms with van der Waals surface area (Å²) in [4.78, 5) is 10.4. The highest BCUT2D eigenvalue weighted by Gasteiger charge is 2.37. The number of nitrogens with zero attached hydrogens (tertiary/aromatic N) is 2. The minimum absolute atomic E-state index is 0.102. The summed E-state index contributed by atoms with van der Waals surface area (Å²) in [7, 11) is 0. The predicted molar refractivity (Wildman–Crippen MR) is 222 cm³/mol. The van der Waals surface area contributed by atoms with Gasteiger partial charge in [-0.15, -0.1) is 0 Å². The minimum atomic E-state index is -0.102. The van der Waals surface area contributed by atoms with Crippen LogP contribution in [0.2, 0.25) is 0 Å². The lowest BCUT2D eigenvalue weighted by molar-refractivity contribution is 0.661. The molecule has 250 valence electrons. The highest BCUT2D eigenvalue weighted by Crippen LogP contribution is 2.53. The lowest BCUT2D eigenvalue weighted by Crippen LogP contribution is -2.14. The molecule has 0 amide bonds. The fourth-order valence-corrected chi connectivity index (χ4v) is 8.34. The summed E-state index contributed by atoms with van der Waals surface area (Å²) < 4.78 is 0. The van der Waals surface area contributed by atoms with Crippen molar-refractivity contribution >= 4 is 21.5 Å². The molecule has 0 atom stereocenters. The molecule has 0 aliphatic heterocycles. The Hall–Kier alpha value is -6.64. The second-order valence-corrected chi connectivity index (χ2v) is 14.6. The Morgan fingerprint density at radius 2 is 0.887 bits per heavy atom. The van der Waals surface area contributed by atoms with Gasteiger partial charge in [0.1, 0.15) is 0 Å². The van der Waals surface area contributed by atoms with E-state index in [1.807, 2.05) is 18.2 Å². The van der Waals surface area contributed by atoms with Gasteiger partial charge in [0.25, 0.3) is 0 Å². The SMILES string of the molecule is CC1(C)c2cc3ccccc3cc2-c2c(-c3cccc(-c4cc(-c5cccc(-c6cccc7ccccc67)c5)nc(-c5ccccc5)n4)c3)cccc21. The van der Waals surface area contributed by atoms with Crippen molar-refractivity contribution in [3.8, 4) is 67.3 Å². The zero-order valence-corrected chi connectivity index (χ0v) is 29.7. The lowest BCUT2D eigenvalue weighted by atomic mass is 9.81. The second-order valence-electron chi connectivity index (χ2n) is 14.6. The highest BCUT2D eigenvalue weighted by molar-refractivity contribution is 5.99. The van der Waals surface area contributed by atoms with Crippen LogP contribution in [-0.2, 0) is 5.41 Å². The van der Waals surface area contributed by atoms with Gasteiger partial charge in [-0.3, -0.25) is 0 Å². The Labute approximate surface area is 310 Å². The first-order valence-corrected chi connectivity index (χ1v) is 18.3. The third-order valence-corrected chi connectivity index (χ3v) is 11.1. The van der Waals surface area contributed by atoms with Gasteiger partial charge >= 0.3 is 0 Å². The average Bonchev–Trinajstić information content (AvgIpc) is 3.45. The molecule has 9 aromatic rings. The van der Waals surface area contributed by atoms with Gasteiger partial charge in [-0.25, -0.2) is 9.97 Å². The van der Waals surface area contributed by atoms with Crippen LogP contribution in [-0.4, -0.2) is 9.97 Å². The third kappa shape index (κ3) is 5.26. The number of rotatable bonds is 5. The first-order chi connectivity index (χ1) is 26.0. The van der Waals surface area contributed by atoms with Gasteiger partial charge < -0.3 is 0 Å². The molecule has 0 N–H and O–H groups in total. The molecule has 1 heterocycles. The molecule has 0 spiro atoms. The van der Waals surface area contributed by atoms with E-state index in [1.54, 1.807) is 0 Å². The van der Waals surface area contributed by atoms with E-state index in [4.69, 9.17) is 9.97 Å². The smallest absolute Gasteiger partial charge is 0.160 e. The van der Waals surface area contributed by atoms with E-state index in [9.17, 15) is 0 Å². The molecule has 53 heavy (non-hydrogen) atoms. The molecule has 10 rings (SSSR count). The third-order valence-electron chi connectivity index (χ3n) is 11.1. The Balaban J connectivity index is 1.12. The number of hydrogen-bond acceptors (Lipinski definition) is 2. The van der Waals surface area contributed by atoms with Crippen molar-refractivity contribution in [3.63, 3.8) is 0 Å². The Morgan fingerprint density at radius 3 is 1.62 bits per heavy atom. The molecule has 0 bridgehead atoms. The molecule has 0 saturated heterocycles. The number of fused-ring (bicyclic) bond motifs is 5. The molecule has 2 nitrogen and oxygen atoms in total. The van der Waals surface area contributed by atoms with Gasteiger partial charge in [0, 0.05) is 22.1 Å². The largest absolute Gasteiger partial charge is 0.228 e. The van der Waals surface area contributed by atoms with Crippen molar-refractivity contribution in [2.24, 2.45) is 0 Å². The summed E-state index contributed by atoms with van der Waals surface area (Å²) in [6.07, 6.45) is 0. The zero-order chi connectivity index (χ0) is 35.5. The summed E-state index contributed by atoms with van der Waals surface area (Å²) in [6.45, 7) is 4.71. The van der Waals surface area contributed by atoms with Crippen molar-refractivity contribution in [3.05, 3.63) is 193 Å². The summed E-state index contributed by atoms with van der Waals surface area (Å²) in [5.74, 6) is 0.710. The molecule has 2 heteroatoms. The van der Waals surface area contributed by atoms with Crippen LogP contribution in [0.5, 0.6) is 0 Å². The van der Waals surface area contributed by atoms with Crippen LogP contribution in [0.4, 0.5) is 0 Å². The van der Waals surface area contributed by atoms with Crippen LogP contribution in [0.15, 0.2) is 182 Å². The van der Waals surface area contributed by atoms with Crippen molar-refractivity contribution < 1.29 is 0 Å². The van der Waals surface area contributed by atoms with Gasteiger partial charge in [0.15, 0.2) is 5.82 Å². The van der Waals surface area contributed by atoms with Crippen molar-refractivity contribution in [1.29, 1.82) is 0 Å². The number of aromatic nitrogens is 2. The molecule has 1 aromatic heterocycles. The van der Waals surface area contributed by atoms with Crippen LogP contribution < -0.4 is 0 Å². The molecule has 0 fully saturated rings. The Morgan fingerprint density at radius 1 is 0.358 bits per heavy atom. The molecule has 1 aliphatic rings. The maximum Gasteiger partial charge on any atom is 0.160 e. The highest BCUT2D eigenvalue weighted by atomic mass is 14.9. The monoisotopic (exact) mass is 676 g/mol. The van der Waals surface area contributed by atoms with Gasteiger partial charge in [-0.1, -0.05) is 166 Å². The van der Waals surface area contributed by atoms with Crippen molar-refractivity contribution in [1.82, 2.24) is 9.97 Å². The van der Waals surface area contributed by atoms with E-state index < -0.39 is 0 Å². The van der Waals surface area contributed by atoms with Gasteiger partial charge in [-0.2, -0.15) is 0 Å². The quantitative estimate of drug-likeness (QED) is 0.181. The van der Waals surface area contributed by atoms with Gasteiger partial charge in [0.2, 0.25) is 0 Å². The van der Waals surface area contributed by atoms with Gasteiger partial charge in [-0.05, 0) is 96.4 Å². The predicted octanol–water partition coefficient (Wildman–Crippen LogP) is 13.4. The number of benzene rings is 8. The first-order valence-electron chi connectivity index (χ1n) is 18.3. The molecular weight excluding hydrogens is 641 g/mol. The molecular formula is C51H36N2. The van der Waals surface area contributed by atoms with E-state index >= 15 is 0 Å². The second kappa shape index (κ2) is 12.3.